The number of carbonyl (C=O) groups excluding carboxylic acids is 1. The number of halogens is 2. The number of ether oxygens (including phenoxy) is 1. The van der Waals surface area contributed by atoms with E-state index in [0.29, 0.717) is 29.3 Å². The van der Waals surface area contributed by atoms with Crippen molar-refractivity contribution in [3.63, 3.8) is 0 Å². The number of fused-ring (bicyclic) bond motifs is 1. The van der Waals surface area contributed by atoms with Crippen LogP contribution in [0, 0.1) is 5.95 Å². The van der Waals surface area contributed by atoms with Crippen molar-refractivity contribution in [2.24, 2.45) is 0 Å². The number of benzene rings is 1. The lowest BCUT2D eigenvalue weighted by Crippen LogP contribution is -2.21. The molecule has 8 heteroatoms. The Morgan fingerprint density at radius 3 is 2.85 bits per heavy atom. The Labute approximate surface area is 154 Å². The fourth-order valence-corrected chi connectivity index (χ4v) is 2.85. The van der Waals surface area contributed by atoms with E-state index in [1.807, 2.05) is 12.1 Å². The number of hydroxylamine groups is 1. The monoisotopic (exact) mass is 377 g/mol. The maximum absolute atomic E-state index is 13.9. The molecule has 3 rings (SSSR count). The van der Waals surface area contributed by atoms with Crippen molar-refractivity contribution in [2.45, 2.75) is 13.3 Å². The van der Waals surface area contributed by atoms with Crippen LogP contribution in [0.15, 0.2) is 30.3 Å². The van der Waals surface area contributed by atoms with Gasteiger partial charge in [-0.15, -0.1) is 0 Å². The molecule has 0 aliphatic carbocycles. The number of rotatable bonds is 6. The van der Waals surface area contributed by atoms with Gasteiger partial charge in [0, 0.05) is 35.5 Å². The van der Waals surface area contributed by atoms with Crippen LogP contribution in [-0.4, -0.2) is 29.6 Å². The fraction of sp³-hybridized carbons (Fsp3) is 0.222. The molecule has 6 nitrogen and oxygen atoms in total. The average Bonchev–Trinajstić information content (AvgIpc) is 2.99. The van der Waals surface area contributed by atoms with Crippen LogP contribution in [-0.2, 0) is 16.1 Å². The number of nitrogens with zero attached hydrogens (tertiary/aromatic N) is 1. The molecule has 3 aromatic rings. The van der Waals surface area contributed by atoms with Crippen molar-refractivity contribution >= 4 is 28.4 Å². The summed E-state index contributed by atoms with van der Waals surface area (Å²) in [6.45, 7) is 1.71. The van der Waals surface area contributed by atoms with Gasteiger partial charge in [-0.3, -0.25) is 9.63 Å². The third kappa shape index (κ3) is 3.95. The number of hydrogen-bond donors (Lipinski definition) is 2. The summed E-state index contributed by atoms with van der Waals surface area (Å²) in [5, 5.41) is 1.39. The molecule has 2 N–H and O–H groups in total. The molecule has 0 unspecified atom stereocenters. The van der Waals surface area contributed by atoms with Gasteiger partial charge in [-0.1, -0.05) is 11.6 Å². The molecular formula is C18H17ClFN3O3. The average molecular weight is 378 g/mol. The van der Waals surface area contributed by atoms with Crippen molar-refractivity contribution in [1.82, 2.24) is 15.4 Å². The Kier molecular flexibility index (Phi) is 5.39. The minimum atomic E-state index is -0.691. The van der Waals surface area contributed by atoms with E-state index in [2.05, 4.69) is 15.4 Å². The molecule has 2 aromatic heterocycles. The first kappa shape index (κ1) is 18.2. The van der Waals surface area contributed by atoms with Crippen LogP contribution >= 0.6 is 11.6 Å². The zero-order valence-corrected chi connectivity index (χ0v) is 15.0. The highest BCUT2D eigenvalue weighted by Crippen LogP contribution is 2.32. The van der Waals surface area contributed by atoms with Crippen LogP contribution in [0.3, 0.4) is 0 Å². The van der Waals surface area contributed by atoms with E-state index in [-0.39, 0.29) is 11.7 Å². The van der Waals surface area contributed by atoms with Gasteiger partial charge in [-0.2, -0.15) is 4.39 Å². The van der Waals surface area contributed by atoms with E-state index in [9.17, 15) is 9.18 Å². The van der Waals surface area contributed by atoms with Crippen molar-refractivity contribution in [2.75, 3.05) is 13.7 Å². The van der Waals surface area contributed by atoms with E-state index < -0.39 is 5.95 Å². The summed E-state index contributed by atoms with van der Waals surface area (Å²) >= 11 is 6.35. The summed E-state index contributed by atoms with van der Waals surface area (Å²) in [4.78, 5) is 23.0. The third-order valence-corrected chi connectivity index (χ3v) is 4.08. The summed E-state index contributed by atoms with van der Waals surface area (Å²) in [7, 11) is 1.38. The van der Waals surface area contributed by atoms with Crippen LogP contribution in [0.5, 0.6) is 5.75 Å². The van der Waals surface area contributed by atoms with Crippen LogP contribution in [0.4, 0.5) is 4.39 Å². The Morgan fingerprint density at radius 2 is 2.15 bits per heavy atom. The van der Waals surface area contributed by atoms with E-state index in [4.69, 9.17) is 21.2 Å². The summed E-state index contributed by atoms with van der Waals surface area (Å²) in [6.07, 6.45) is 0.581. The van der Waals surface area contributed by atoms with Gasteiger partial charge in [-0.25, -0.2) is 10.5 Å². The SMILES string of the molecule is COc1ccc(-c2cc3[nH]c(CCONC(C)=O)cc3cc2Cl)nc1F. The molecule has 2 heterocycles. The van der Waals surface area contributed by atoms with Crippen LogP contribution in [0.25, 0.3) is 22.2 Å². The number of pyridine rings is 1. The lowest BCUT2D eigenvalue weighted by molar-refractivity contribution is -0.131. The van der Waals surface area contributed by atoms with Crippen molar-refractivity contribution < 1.29 is 18.8 Å². The first-order valence-electron chi connectivity index (χ1n) is 7.88. The molecule has 0 spiro atoms. The quantitative estimate of drug-likeness (QED) is 0.390. The van der Waals surface area contributed by atoms with E-state index >= 15 is 0 Å². The van der Waals surface area contributed by atoms with Gasteiger partial charge in [0.2, 0.25) is 5.91 Å². The van der Waals surface area contributed by atoms with Gasteiger partial charge in [0.25, 0.3) is 5.95 Å². The van der Waals surface area contributed by atoms with E-state index in [1.54, 1.807) is 12.1 Å². The lowest BCUT2D eigenvalue weighted by Gasteiger charge is -2.06. The minimum Gasteiger partial charge on any atom is -0.492 e. The summed E-state index contributed by atoms with van der Waals surface area (Å²) in [5.41, 5.74) is 5.08. The van der Waals surface area contributed by atoms with Crippen LogP contribution < -0.4 is 10.2 Å². The second-order valence-corrected chi connectivity index (χ2v) is 6.07. The number of methoxy groups -OCH3 is 1. The molecular weight excluding hydrogens is 361 g/mol. The number of H-pyrrole nitrogens is 1. The Bertz CT molecular complexity index is 958. The summed E-state index contributed by atoms with van der Waals surface area (Å²) in [5.74, 6) is -0.868. The number of aromatic amines is 1. The number of hydrogen-bond acceptors (Lipinski definition) is 4. The highest BCUT2D eigenvalue weighted by molar-refractivity contribution is 6.34. The van der Waals surface area contributed by atoms with Crippen molar-refractivity contribution in [3.05, 3.63) is 47.0 Å². The Hall–Kier alpha value is -2.64. The number of nitrogens with one attached hydrogen (secondary N) is 2. The molecule has 0 radical (unpaired) electrons. The van der Waals surface area contributed by atoms with Gasteiger partial charge in [0.1, 0.15) is 0 Å². The lowest BCUT2D eigenvalue weighted by atomic mass is 10.1. The highest BCUT2D eigenvalue weighted by atomic mass is 35.5. The van der Waals surface area contributed by atoms with Gasteiger partial charge < -0.3 is 9.72 Å². The van der Waals surface area contributed by atoms with Crippen LogP contribution in [0.1, 0.15) is 12.6 Å². The van der Waals surface area contributed by atoms with Gasteiger partial charge >= 0.3 is 0 Å². The minimum absolute atomic E-state index is 0.0762. The predicted molar refractivity (Wildman–Crippen MR) is 96.5 cm³/mol. The maximum atomic E-state index is 13.9. The fourth-order valence-electron chi connectivity index (χ4n) is 2.58. The predicted octanol–water partition coefficient (Wildman–Crippen LogP) is 3.64. The van der Waals surface area contributed by atoms with Gasteiger partial charge in [0.15, 0.2) is 5.75 Å². The van der Waals surface area contributed by atoms with Gasteiger partial charge in [-0.05, 0) is 30.3 Å². The maximum Gasteiger partial charge on any atom is 0.255 e. The Morgan fingerprint density at radius 1 is 1.35 bits per heavy atom. The summed E-state index contributed by atoms with van der Waals surface area (Å²) < 4.78 is 18.8. The first-order valence-corrected chi connectivity index (χ1v) is 8.26. The normalized spacial score (nSPS) is 10.9. The van der Waals surface area contributed by atoms with Gasteiger partial charge in [0.05, 0.1) is 24.4 Å². The number of carbonyl (C=O) groups is 1. The largest absolute Gasteiger partial charge is 0.492 e. The van der Waals surface area contributed by atoms with Crippen LogP contribution in [0.2, 0.25) is 5.02 Å². The van der Waals surface area contributed by atoms with E-state index in [1.165, 1.54) is 20.1 Å². The molecule has 26 heavy (non-hydrogen) atoms. The molecule has 136 valence electrons. The smallest absolute Gasteiger partial charge is 0.255 e. The molecule has 0 aliphatic rings. The Balaban J connectivity index is 1.85. The molecule has 1 aromatic carbocycles. The number of aromatic nitrogens is 2. The number of amides is 1. The molecule has 0 fully saturated rings. The standard InChI is InChI=1S/C18H17ClFN3O3/c1-10(24)23-26-6-5-12-7-11-8-14(19)13(9-16(11)21-12)15-3-4-17(25-2)18(20)22-15/h3-4,7-9,21H,5-6H2,1-2H3,(H,23,24). The van der Waals surface area contributed by atoms with Crippen molar-refractivity contribution in [3.8, 4) is 17.0 Å². The first-order chi connectivity index (χ1) is 12.5. The topological polar surface area (TPSA) is 76.2 Å². The molecule has 0 saturated heterocycles. The molecule has 0 aliphatic heterocycles. The second-order valence-electron chi connectivity index (χ2n) is 5.66. The molecule has 0 bridgehead atoms. The third-order valence-electron chi connectivity index (χ3n) is 3.76. The van der Waals surface area contributed by atoms with E-state index in [0.717, 1.165) is 16.6 Å². The highest BCUT2D eigenvalue weighted by Gasteiger charge is 2.12. The molecule has 0 saturated carbocycles. The summed E-state index contributed by atoms with van der Waals surface area (Å²) in [6, 6.07) is 8.73. The zero-order valence-electron chi connectivity index (χ0n) is 14.2. The molecule has 1 amide bonds. The molecule has 0 atom stereocenters. The zero-order chi connectivity index (χ0) is 18.7. The van der Waals surface area contributed by atoms with Crippen molar-refractivity contribution in [1.29, 1.82) is 0 Å². The second kappa shape index (κ2) is 7.72.